The molecule has 1 aliphatic rings. The van der Waals surface area contributed by atoms with Crippen molar-refractivity contribution in [2.45, 2.75) is 18.1 Å². The molecule has 108 valence electrons. The summed E-state index contributed by atoms with van der Waals surface area (Å²) in [6.45, 7) is 0. The summed E-state index contributed by atoms with van der Waals surface area (Å²) in [6.07, 6.45) is 0.255. The van der Waals surface area contributed by atoms with Crippen LogP contribution in [0.3, 0.4) is 0 Å². The molecule has 0 spiro atoms. The van der Waals surface area contributed by atoms with Gasteiger partial charge in [0.2, 0.25) is 0 Å². The van der Waals surface area contributed by atoms with Gasteiger partial charge in [0.15, 0.2) is 5.67 Å². The summed E-state index contributed by atoms with van der Waals surface area (Å²) in [5, 5.41) is 3.59. The van der Waals surface area contributed by atoms with Crippen LogP contribution in [0.1, 0.15) is 22.3 Å². The molecule has 1 saturated carbocycles. The molecule has 0 radical (unpaired) electrons. The molecule has 2 aromatic carbocycles. The maximum absolute atomic E-state index is 14.7. The summed E-state index contributed by atoms with van der Waals surface area (Å²) in [6, 6.07) is 12.7. The molecular weight excluding hydrogens is 312 g/mol. The van der Waals surface area contributed by atoms with Gasteiger partial charge >= 0.3 is 0 Å². The average Bonchev–Trinajstić information content (AvgIpc) is 3.11. The Hall–Kier alpha value is -1.58. The van der Waals surface area contributed by atoms with E-state index in [4.69, 9.17) is 23.2 Å². The topological polar surface area (TPSA) is 29.1 Å². The smallest absolute Gasteiger partial charge is 0.253 e. The molecule has 0 saturated heterocycles. The van der Waals surface area contributed by atoms with Crippen molar-refractivity contribution in [1.82, 2.24) is 5.32 Å². The number of nitrogens with one attached hydrogen (secondary N) is 1. The number of carbonyl (C=O) groups is 1. The summed E-state index contributed by atoms with van der Waals surface area (Å²) in [7, 11) is 0. The molecule has 21 heavy (non-hydrogen) atoms. The SMILES string of the molecule is O=C(NC1CC1(F)c1ccc(Cl)cc1)c1ccccc1Cl. The van der Waals surface area contributed by atoms with Crippen LogP contribution in [0.25, 0.3) is 0 Å². The Bertz CT molecular complexity index is 689. The largest absolute Gasteiger partial charge is 0.346 e. The van der Waals surface area contributed by atoms with Gasteiger partial charge in [0.1, 0.15) is 0 Å². The molecule has 1 fully saturated rings. The van der Waals surface area contributed by atoms with Gasteiger partial charge in [-0.1, -0.05) is 47.5 Å². The number of hydrogen-bond donors (Lipinski definition) is 1. The Balaban J connectivity index is 1.72. The molecule has 0 bridgehead atoms. The fraction of sp³-hybridized carbons (Fsp3) is 0.188. The van der Waals surface area contributed by atoms with E-state index in [0.717, 1.165) is 0 Å². The number of rotatable bonds is 3. The van der Waals surface area contributed by atoms with E-state index in [1.165, 1.54) is 0 Å². The van der Waals surface area contributed by atoms with Gasteiger partial charge in [-0.15, -0.1) is 0 Å². The molecular formula is C16H12Cl2FNO. The van der Waals surface area contributed by atoms with Crippen molar-refractivity contribution in [3.05, 3.63) is 69.7 Å². The maximum atomic E-state index is 14.7. The number of amides is 1. The van der Waals surface area contributed by atoms with Crippen LogP contribution in [-0.4, -0.2) is 11.9 Å². The second kappa shape index (κ2) is 5.32. The monoisotopic (exact) mass is 323 g/mol. The Morgan fingerprint density at radius 1 is 1.14 bits per heavy atom. The van der Waals surface area contributed by atoms with E-state index in [-0.39, 0.29) is 12.3 Å². The van der Waals surface area contributed by atoms with E-state index >= 15 is 0 Å². The van der Waals surface area contributed by atoms with Crippen molar-refractivity contribution in [3.63, 3.8) is 0 Å². The van der Waals surface area contributed by atoms with Crippen LogP contribution < -0.4 is 5.32 Å². The van der Waals surface area contributed by atoms with Gasteiger partial charge in [0, 0.05) is 11.4 Å². The summed E-state index contributed by atoms with van der Waals surface area (Å²) in [4.78, 5) is 12.1. The van der Waals surface area contributed by atoms with Crippen LogP contribution >= 0.6 is 23.2 Å². The lowest BCUT2D eigenvalue weighted by molar-refractivity contribution is 0.0940. The Morgan fingerprint density at radius 2 is 1.81 bits per heavy atom. The van der Waals surface area contributed by atoms with E-state index in [1.54, 1.807) is 48.5 Å². The van der Waals surface area contributed by atoms with Gasteiger partial charge in [0.05, 0.1) is 16.6 Å². The highest BCUT2D eigenvalue weighted by molar-refractivity contribution is 6.33. The Morgan fingerprint density at radius 3 is 2.48 bits per heavy atom. The molecule has 2 nitrogen and oxygen atoms in total. The number of hydrogen-bond acceptors (Lipinski definition) is 1. The van der Waals surface area contributed by atoms with E-state index < -0.39 is 11.7 Å². The quantitative estimate of drug-likeness (QED) is 0.893. The summed E-state index contributed by atoms with van der Waals surface area (Å²) in [5.74, 6) is -0.362. The predicted molar refractivity (Wildman–Crippen MR) is 81.6 cm³/mol. The lowest BCUT2D eigenvalue weighted by Gasteiger charge is -2.10. The number of halogens is 3. The summed E-state index contributed by atoms with van der Waals surface area (Å²) >= 11 is 11.8. The summed E-state index contributed by atoms with van der Waals surface area (Å²) in [5.41, 5.74) is -0.650. The van der Waals surface area contributed by atoms with Crippen molar-refractivity contribution in [1.29, 1.82) is 0 Å². The minimum atomic E-state index is -1.53. The molecule has 3 rings (SSSR count). The second-order valence-corrected chi connectivity index (χ2v) is 5.92. The molecule has 1 aliphatic carbocycles. The first-order valence-corrected chi connectivity index (χ1v) is 7.26. The van der Waals surface area contributed by atoms with Crippen LogP contribution in [0.15, 0.2) is 48.5 Å². The third kappa shape index (κ3) is 2.76. The standard InChI is InChI=1S/C16H12Cl2FNO/c17-11-7-5-10(6-8-11)16(19)9-14(16)20-15(21)12-3-1-2-4-13(12)18/h1-8,14H,9H2,(H,20,21). The fourth-order valence-electron chi connectivity index (χ4n) is 2.33. The molecule has 0 aromatic heterocycles. The molecule has 0 aliphatic heterocycles. The molecule has 1 amide bonds. The average molecular weight is 324 g/mol. The first kappa shape index (κ1) is 14.4. The maximum Gasteiger partial charge on any atom is 0.253 e. The molecule has 5 heteroatoms. The van der Waals surface area contributed by atoms with E-state index in [0.29, 0.717) is 21.2 Å². The van der Waals surface area contributed by atoms with Crippen molar-refractivity contribution in [2.75, 3.05) is 0 Å². The van der Waals surface area contributed by atoms with E-state index in [9.17, 15) is 9.18 Å². The van der Waals surface area contributed by atoms with Crippen molar-refractivity contribution in [3.8, 4) is 0 Å². The highest BCUT2D eigenvalue weighted by Crippen LogP contribution is 2.50. The zero-order valence-corrected chi connectivity index (χ0v) is 12.5. The minimum absolute atomic E-state index is 0.255. The first-order chi connectivity index (χ1) is 10.0. The number of alkyl halides is 1. The first-order valence-electron chi connectivity index (χ1n) is 6.51. The van der Waals surface area contributed by atoms with Gasteiger partial charge in [-0.05, 0) is 29.8 Å². The normalized spacial score (nSPS) is 23.7. The molecule has 2 atom stereocenters. The van der Waals surface area contributed by atoms with E-state index in [2.05, 4.69) is 5.32 Å². The zero-order valence-electron chi connectivity index (χ0n) is 10.9. The van der Waals surface area contributed by atoms with Crippen molar-refractivity contribution < 1.29 is 9.18 Å². The van der Waals surface area contributed by atoms with Gasteiger partial charge in [0.25, 0.3) is 5.91 Å². The third-order valence-electron chi connectivity index (χ3n) is 3.64. The van der Waals surface area contributed by atoms with Gasteiger partial charge in [-0.2, -0.15) is 0 Å². The highest BCUT2D eigenvalue weighted by Gasteiger charge is 2.57. The van der Waals surface area contributed by atoms with Gasteiger partial charge in [-0.25, -0.2) is 4.39 Å². The lowest BCUT2D eigenvalue weighted by Crippen LogP contribution is -2.30. The fourth-order valence-corrected chi connectivity index (χ4v) is 2.68. The molecule has 2 aromatic rings. The van der Waals surface area contributed by atoms with Crippen molar-refractivity contribution in [2.24, 2.45) is 0 Å². The number of carbonyl (C=O) groups excluding carboxylic acids is 1. The van der Waals surface area contributed by atoms with E-state index in [1.807, 2.05) is 0 Å². The number of benzene rings is 2. The predicted octanol–water partition coefficient (Wildman–Crippen LogP) is 4.36. The Kier molecular flexibility index (Phi) is 3.64. The van der Waals surface area contributed by atoms with Crippen LogP contribution in [-0.2, 0) is 5.67 Å². The van der Waals surface area contributed by atoms with Crippen LogP contribution in [0.4, 0.5) is 4.39 Å². The van der Waals surface area contributed by atoms with Gasteiger partial charge in [-0.3, -0.25) is 4.79 Å². The lowest BCUT2D eigenvalue weighted by atomic mass is 10.1. The van der Waals surface area contributed by atoms with Crippen LogP contribution in [0, 0.1) is 0 Å². The second-order valence-electron chi connectivity index (χ2n) is 5.08. The zero-order chi connectivity index (χ0) is 15.0. The minimum Gasteiger partial charge on any atom is -0.346 e. The van der Waals surface area contributed by atoms with Crippen molar-refractivity contribution >= 4 is 29.1 Å². The molecule has 2 unspecified atom stereocenters. The van der Waals surface area contributed by atoms with Gasteiger partial charge < -0.3 is 5.32 Å². The Labute approximate surface area is 131 Å². The molecule has 1 N–H and O–H groups in total. The summed E-state index contributed by atoms with van der Waals surface area (Å²) < 4.78 is 14.7. The van der Waals surface area contributed by atoms with Crippen LogP contribution in [0.5, 0.6) is 0 Å². The highest BCUT2D eigenvalue weighted by atomic mass is 35.5. The molecule has 0 heterocycles. The third-order valence-corrected chi connectivity index (χ3v) is 4.22. The van der Waals surface area contributed by atoms with Crippen LogP contribution in [0.2, 0.25) is 10.0 Å².